The first-order valence-electron chi connectivity index (χ1n) is 7.33. The molecular weight excluding hydrogens is 431 g/mol. The number of hydrogen-bond acceptors (Lipinski definition) is 4. The Morgan fingerprint density at radius 3 is 2.76 bits per heavy atom. The summed E-state index contributed by atoms with van der Waals surface area (Å²) >= 11 is 4.62. The van der Waals surface area contributed by atoms with Crippen LogP contribution in [0, 0.1) is 5.82 Å². The van der Waals surface area contributed by atoms with E-state index in [0.717, 1.165) is 4.90 Å². The highest BCUT2D eigenvalue weighted by Gasteiger charge is 2.23. The maximum atomic E-state index is 13.9. The molecule has 0 spiro atoms. The van der Waals surface area contributed by atoms with Crippen LogP contribution in [0.15, 0.2) is 50.7 Å². The molecule has 0 fully saturated rings. The van der Waals surface area contributed by atoms with Gasteiger partial charge < -0.3 is 5.32 Å². The number of carbonyl (C=O) groups excluding carboxylic acids is 1. The lowest BCUT2D eigenvalue weighted by molar-refractivity contribution is -0.116. The maximum Gasteiger partial charge on any atom is 0.262 e. The fraction of sp³-hybridized carbons (Fsp3) is 0.188. The highest BCUT2D eigenvalue weighted by Crippen LogP contribution is 2.36. The second-order valence-electron chi connectivity index (χ2n) is 5.57. The summed E-state index contributed by atoms with van der Waals surface area (Å²) in [6, 6.07) is 8.52. The normalized spacial score (nSPS) is 17.4. The summed E-state index contributed by atoms with van der Waals surface area (Å²) in [6.07, 6.45) is 0.351. The minimum atomic E-state index is -3.99. The van der Waals surface area contributed by atoms with E-state index in [-0.39, 0.29) is 21.7 Å². The topological polar surface area (TPSA) is 75.3 Å². The lowest BCUT2D eigenvalue weighted by atomic mass is 10.3. The second kappa shape index (κ2) is 6.97. The van der Waals surface area contributed by atoms with Crippen LogP contribution in [0.2, 0.25) is 0 Å². The smallest absolute Gasteiger partial charge is 0.262 e. The summed E-state index contributed by atoms with van der Waals surface area (Å²) in [7, 11) is -3.99. The molecule has 0 radical (unpaired) electrons. The fourth-order valence-corrected chi connectivity index (χ4v) is 4.85. The third kappa shape index (κ3) is 4.16. The van der Waals surface area contributed by atoms with Crippen molar-refractivity contribution in [1.29, 1.82) is 0 Å². The van der Waals surface area contributed by atoms with Crippen molar-refractivity contribution in [3.05, 3.63) is 46.7 Å². The van der Waals surface area contributed by atoms with E-state index in [1.165, 1.54) is 42.1 Å². The van der Waals surface area contributed by atoms with Gasteiger partial charge in [-0.3, -0.25) is 9.52 Å². The first kappa shape index (κ1) is 18.2. The summed E-state index contributed by atoms with van der Waals surface area (Å²) in [6.45, 7) is 1.93. The Balaban J connectivity index is 1.94. The lowest BCUT2D eigenvalue weighted by Crippen LogP contribution is -2.16. The number of halogens is 2. The summed E-state index contributed by atoms with van der Waals surface area (Å²) in [5.74, 6) is -0.856. The van der Waals surface area contributed by atoms with Crippen LogP contribution in [0.5, 0.6) is 0 Å². The maximum absolute atomic E-state index is 13.9. The summed E-state index contributed by atoms with van der Waals surface area (Å²) < 4.78 is 41.7. The predicted molar refractivity (Wildman–Crippen MR) is 99.9 cm³/mol. The van der Waals surface area contributed by atoms with Crippen molar-refractivity contribution in [2.24, 2.45) is 0 Å². The molecule has 9 heteroatoms. The van der Waals surface area contributed by atoms with Crippen molar-refractivity contribution < 1.29 is 17.6 Å². The number of thioether (sulfide) groups is 1. The largest absolute Gasteiger partial charge is 0.325 e. The highest BCUT2D eigenvalue weighted by molar-refractivity contribution is 9.10. The zero-order chi connectivity index (χ0) is 18.2. The second-order valence-corrected chi connectivity index (χ2v) is 9.65. The molecule has 1 aliphatic rings. The molecule has 0 saturated carbocycles. The van der Waals surface area contributed by atoms with E-state index in [2.05, 4.69) is 26.0 Å². The molecule has 0 aromatic heterocycles. The predicted octanol–water partition coefficient (Wildman–Crippen LogP) is 4.21. The van der Waals surface area contributed by atoms with Gasteiger partial charge in [0, 0.05) is 21.0 Å². The molecule has 5 nitrogen and oxygen atoms in total. The first-order valence-corrected chi connectivity index (χ1v) is 10.5. The molecule has 132 valence electrons. The molecule has 1 heterocycles. The third-order valence-corrected chi connectivity index (χ3v) is 6.55. The van der Waals surface area contributed by atoms with Gasteiger partial charge in [0.15, 0.2) is 0 Å². The van der Waals surface area contributed by atoms with E-state index in [1.807, 2.05) is 6.92 Å². The molecule has 2 aromatic carbocycles. The Bertz CT molecular complexity index is 950. The van der Waals surface area contributed by atoms with Crippen molar-refractivity contribution in [2.45, 2.75) is 28.4 Å². The molecule has 1 amide bonds. The molecular formula is C16H14BrFN2O3S2. The number of sulfonamides is 1. The Morgan fingerprint density at radius 2 is 2.04 bits per heavy atom. The van der Waals surface area contributed by atoms with Crippen molar-refractivity contribution in [3.63, 3.8) is 0 Å². The molecule has 2 N–H and O–H groups in total. The number of benzene rings is 2. The Morgan fingerprint density at radius 1 is 1.28 bits per heavy atom. The van der Waals surface area contributed by atoms with Gasteiger partial charge >= 0.3 is 0 Å². The van der Waals surface area contributed by atoms with Crippen molar-refractivity contribution in [3.8, 4) is 0 Å². The Kier molecular flexibility index (Phi) is 5.08. The average molecular weight is 445 g/mol. The number of anilines is 2. The van der Waals surface area contributed by atoms with Crippen LogP contribution in [-0.4, -0.2) is 19.6 Å². The molecule has 0 bridgehead atoms. The SMILES string of the molecule is C[C@@H]1CC(=O)Nc2cc(S(=O)(=O)Nc3ccc(Br)cc3F)ccc2S1. The first-order chi connectivity index (χ1) is 11.7. The number of nitrogens with one attached hydrogen (secondary N) is 2. The van der Waals surface area contributed by atoms with Gasteiger partial charge in [-0.05, 0) is 36.4 Å². The van der Waals surface area contributed by atoms with Gasteiger partial charge in [-0.25, -0.2) is 12.8 Å². The van der Waals surface area contributed by atoms with E-state index in [1.54, 1.807) is 6.07 Å². The average Bonchev–Trinajstić information content (AvgIpc) is 2.65. The van der Waals surface area contributed by atoms with Crippen molar-refractivity contribution in [2.75, 3.05) is 10.0 Å². The van der Waals surface area contributed by atoms with Gasteiger partial charge in [0.05, 0.1) is 16.3 Å². The number of fused-ring (bicyclic) bond motifs is 1. The summed E-state index contributed by atoms with van der Waals surface area (Å²) in [5.41, 5.74) is 0.295. The van der Waals surface area contributed by atoms with Gasteiger partial charge in [0.1, 0.15) is 5.82 Å². The summed E-state index contributed by atoms with van der Waals surface area (Å²) in [4.78, 5) is 12.6. The zero-order valence-corrected chi connectivity index (χ0v) is 16.3. The van der Waals surface area contributed by atoms with Crippen LogP contribution in [-0.2, 0) is 14.8 Å². The zero-order valence-electron chi connectivity index (χ0n) is 13.0. The van der Waals surface area contributed by atoms with Crippen LogP contribution in [0.1, 0.15) is 13.3 Å². The fourth-order valence-electron chi connectivity index (χ4n) is 2.37. The summed E-state index contributed by atoms with van der Waals surface area (Å²) in [5, 5.41) is 2.81. The van der Waals surface area contributed by atoms with E-state index < -0.39 is 15.8 Å². The van der Waals surface area contributed by atoms with Crippen molar-refractivity contribution >= 4 is 55.0 Å². The lowest BCUT2D eigenvalue weighted by Gasteiger charge is -2.12. The van der Waals surface area contributed by atoms with Crippen LogP contribution in [0.25, 0.3) is 0 Å². The molecule has 25 heavy (non-hydrogen) atoms. The van der Waals surface area contributed by atoms with Gasteiger partial charge in [-0.1, -0.05) is 22.9 Å². The van der Waals surface area contributed by atoms with E-state index >= 15 is 0 Å². The van der Waals surface area contributed by atoms with Gasteiger partial charge in [0.25, 0.3) is 10.0 Å². The van der Waals surface area contributed by atoms with Crippen molar-refractivity contribution in [1.82, 2.24) is 0 Å². The van der Waals surface area contributed by atoms with Gasteiger partial charge in [-0.2, -0.15) is 0 Å². The van der Waals surface area contributed by atoms with Gasteiger partial charge in [0.2, 0.25) is 5.91 Å². The number of amides is 1. The molecule has 0 unspecified atom stereocenters. The monoisotopic (exact) mass is 444 g/mol. The van der Waals surface area contributed by atoms with Crippen LogP contribution in [0.3, 0.4) is 0 Å². The number of hydrogen-bond donors (Lipinski definition) is 2. The van der Waals surface area contributed by atoms with Crippen LogP contribution in [0.4, 0.5) is 15.8 Å². The minimum absolute atomic E-state index is 0.0518. The Hall–Kier alpha value is -1.58. The third-order valence-electron chi connectivity index (χ3n) is 3.51. The van der Waals surface area contributed by atoms with E-state index in [0.29, 0.717) is 16.6 Å². The van der Waals surface area contributed by atoms with E-state index in [4.69, 9.17) is 0 Å². The minimum Gasteiger partial charge on any atom is -0.325 e. The van der Waals surface area contributed by atoms with Crippen LogP contribution >= 0.6 is 27.7 Å². The quantitative estimate of drug-likeness (QED) is 0.743. The molecule has 1 atom stereocenters. The van der Waals surface area contributed by atoms with E-state index in [9.17, 15) is 17.6 Å². The number of rotatable bonds is 3. The molecule has 2 aromatic rings. The number of carbonyl (C=O) groups is 1. The van der Waals surface area contributed by atoms with Gasteiger partial charge in [-0.15, -0.1) is 11.8 Å². The molecule has 1 aliphatic heterocycles. The standard InChI is InChI=1S/C16H14BrFN2O3S2/c1-9-6-16(21)19-14-8-11(3-5-15(14)24-9)25(22,23)20-13-4-2-10(17)7-12(13)18/h2-5,7-9,20H,6H2,1H3,(H,19,21)/t9-/m1/s1. The molecule has 0 saturated heterocycles. The van der Waals surface area contributed by atoms with Crippen LogP contribution < -0.4 is 10.0 Å². The Labute approximate surface area is 157 Å². The molecule has 0 aliphatic carbocycles. The highest BCUT2D eigenvalue weighted by atomic mass is 79.9. The molecule has 3 rings (SSSR count).